The normalized spacial score (nSPS) is 11.3. The van der Waals surface area contributed by atoms with Crippen molar-refractivity contribution in [3.8, 4) is 0 Å². The maximum atomic E-state index is 11.6. The lowest BCUT2D eigenvalue weighted by Gasteiger charge is -2.15. The monoisotopic (exact) mass is 400 g/mol. The molecule has 1 aromatic rings. The van der Waals surface area contributed by atoms with Gasteiger partial charge in [0.05, 0.1) is 52.4 Å². The van der Waals surface area contributed by atoms with E-state index in [0.717, 1.165) is 0 Å². The summed E-state index contributed by atoms with van der Waals surface area (Å²) in [4.78, 5) is 34.0. The molecule has 0 saturated heterocycles. The summed E-state index contributed by atoms with van der Waals surface area (Å²) in [6.07, 6.45) is 0.538. The van der Waals surface area contributed by atoms with Gasteiger partial charge in [-0.25, -0.2) is 0 Å². The second kappa shape index (κ2) is 14.2. The van der Waals surface area contributed by atoms with Gasteiger partial charge in [0, 0.05) is 19.5 Å². The van der Waals surface area contributed by atoms with Crippen LogP contribution in [0, 0.1) is 0 Å². The van der Waals surface area contributed by atoms with Gasteiger partial charge in [-0.1, -0.05) is 0 Å². The summed E-state index contributed by atoms with van der Waals surface area (Å²) in [6, 6.07) is 0. The first-order valence-corrected chi connectivity index (χ1v) is 9.58. The Morgan fingerprint density at radius 1 is 0.786 bits per heavy atom. The third kappa shape index (κ3) is 9.93. The summed E-state index contributed by atoms with van der Waals surface area (Å²) in [5.74, 6) is 0.106. The molecule has 0 heterocycles. The number of nitrogens with one attached hydrogen (secondary N) is 2. The van der Waals surface area contributed by atoms with E-state index in [1.165, 1.54) is 6.92 Å². The summed E-state index contributed by atoms with van der Waals surface area (Å²) >= 11 is 0. The average Bonchev–Trinajstić information content (AvgIpc) is 2.65. The van der Waals surface area contributed by atoms with Crippen molar-refractivity contribution in [2.24, 2.45) is 0 Å². The fourth-order valence-corrected chi connectivity index (χ4v) is 2.21. The van der Waals surface area contributed by atoms with Gasteiger partial charge >= 0.3 is 0 Å². The van der Waals surface area contributed by atoms with Crippen molar-refractivity contribution >= 4 is 17.2 Å². The van der Waals surface area contributed by atoms with Gasteiger partial charge in [0.1, 0.15) is 17.2 Å². The first kappa shape index (κ1) is 24.2. The lowest BCUT2D eigenvalue weighted by Crippen LogP contribution is -2.38. The van der Waals surface area contributed by atoms with Crippen LogP contribution in [0.3, 0.4) is 0 Å². The fourth-order valence-electron chi connectivity index (χ4n) is 2.21. The Labute approximate surface area is 165 Å². The maximum Gasteiger partial charge on any atom is 0.253 e. The molecule has 0 aliphatic heterocycles. The van der Waals surface area contributed by atoms with Gasteiger partial charge in [0.2, 0.25) is 0 Å². The van der Waals surface area contributed by atoms with Crippen LogP contribution in [0.5, 0.6) is 0 Å². The summed E-state index contributed by atoms with van der Waals surface area (Å²) in [6.45, 7) is 9.25. The number of anilines is 2. The van der Waals surface area contributed by atoms with Crippen LogP contribution in [-0.2, 0) is 23.7 Å². The smallest absolute Gasteiger partial charge is 0.253 e. The zero-order valence-electron chi connectivity index (χ0n) is 17.0. The minimum atomic E-state index is -0.514. The van der Waals surface area contributed by atoms with E-state index in [9.17, 15) is 14.4 Å². The maximum absolute atomic E-state index is 11.6. The molecule has 0 aromatic heterocycles. The van der Waals surface area contributed by atoms with Crippen LogP contribution < -0.4 is 21.5 Å². The van der Waals surface area contributed by atoms with Gasteiger partial charge in [-0.05, 0) is 20.8 Å². The number of carbonyl (C=O) groups excluding carboxylic acids is 1. The highest BCUT2D eigenvalue weighted by Gasteiger charge is 2.19. The molecule has 0 spiro atoms. The third-order valence-corrected chi connectivity index (χ3v) is 3.66. The van der Waals surface area contributed by atoms with Crippen molar-refractivity contribution in [1.82, 2.24) is 0 Å². The molecule has 9 heteroatoms. The summed E-state index contributed by atoms with van der Waals surface area (Å²) in [5.41, 5.74) is -0.408. The second-order valence-electron chi connectivity index (χ2n) is 6.47. The van der Waals surface area contributed by atoms with Crippen molar-refractivity contribution in [2.45, 2.75) is 33.3 Å². The van der Waals surface area contributed by atoms with Crippen LogP contribution in [0.2, 0.25) is 0 Å². The standard InChI is InChI=1S/C19H32N2O7/c1-14(2)28-9-6-21-17-16(18(23)19(17)24)20-5-8-26-11-13-27-12-10-25-7-4-15(3)22/h14,20-21H,4-13H2,1-3H3. The van der Waals surface area contributed by atoms with Crippen molar-refractivity contribution in [3.63, 3.8) is 0 Å². The van der Waals surface area contributed by atoms with Gasteiger partial charge in [-0.3, -0.25) is 14.4 Å². The predicted octanol–water partition coefficient (Wildman–Crippen LogP) is 0.560. The molecule has 0 saturated carbocycles. The molecule has 0 bridgehead atoms. The molecule has 0 radical (unpaired) electrons. The van der Waals surface area contributed by atoms with Crippen LogP contribution in [0.25, 0.3) is 0 Å². The largest absolute Gasteiger partial charge is 0.379 e. The SMILES string of the molecule is CC(=O)CCOCCOCCOCCNc1c(NCCOC(C)C)c(=O)c1=O. The lowest BCUT2D eigenvalue weighted by atomic mass is 10.2. The molecule has 0 aliphatic carbocycles. The Kier molecular flexibility index (Phi) is 12.3. The van der Waals surface area contributed by atoms with Crippen molar-refractivity contribution in [3.05, 3.63) is 20.4 Å². The molecule has 9 nitrogen and oxygen atoms in total. The Balaban J connectivity index is 2.03. The molecule has 0 atom stereocenters. The van der Waals surface area contributed by atoms with Gasteiger partial charge in [0.25, 0.3) is 10.9 Å². The van der Waals surface area contributed by atoms with Gasteiger partial charge in [-0.2, -0.15) is 0 Å². The quantitative estimate of drug-likeness (QED) is 0.270. The predicted molar refractivity (Wildman–Crippen MR) is 107 cm³/mol. The highest BCUT2D eigenvalue weighted by Crippen LogP contribution is 2.13. The van der Waals surface area contributed by atoms with Gasteiger partial charge in [-0.15, -0.1) is 0 Å². The van der Waals surface area contributed by atoms with Crippen molar-refractivity contribution in [2.75, 3.05) is 70.0 Å². The number of rotatable bonds is 18. The molecule has 2 N–H and O–H groups in total. The van der Waals surface area contributed by atoms with E-state index in [-0.39, 0.29) is 11.9 Å². The fraction of sp³-hybridized carbons (Fsp3) is 0.737. The molecule has 0 aliphatic rings. The molecular formula is C19H32N2O7. The van der Waals surface area contributed by atoms with Crippen molar-refractivity contribution < 1.29 is 23.7 Å². The second-order valence-corrected chi connectivity index (χ2v) is 6.47. The topological polar surface area (TPSA) is 112 Å². The number of hydrogen-bond acceptors (Lipinski definition) is 9. The number of ether oxygens (including phenoxy) is 4. The highest BCUT2D eigenvalue weighted by molar-refractivity contribution is 5.75. The lowest BCUT2D eigenvalue weighted by molar-refractivity contribution is -0.118. The van der Waals surface area contributed by atoms with Crippen LogP contribution in [0.15, 0.2) is 9.59 Å². The number of ketones is 1. The van der Waals surface area contributed by atoms with Crippen LogP contribution in [0.1, 0.15) is 27.2 Å². The Morgan fingerprint density at radius 2 is 1.25 bits per heavy atom. The number of Topliss-reactive ketones (excluding diaryl/α,β-unsaturated/α-hetero) is 1. The molecule has 0 fully saturated rings. The molecule has 160 valence electrons. The molecule has 1 rings (SSSR count). The van der Waals surface area contributed by atoms with Crippen LogP contribution in [-0.4, -0.2) is 71.2 Å². The molecule has 0 unspecified atom stereocenters. The number of carbonyl (C=O) groups is 1. The Bertz CT molecular complexity index is 638. The zero-order chi connectivity index (χ0) is 20.8. The van der Waals surface area contributed by atoms with Gasteiger partial charge < -0.3 is 29.6 Å². The number of hydrogen-bond donors (Lipinski definition) is 2. The van der Waals surface area contributed by atoms with Crippen molar-refractivity contribution in [1.29, 1.82) is 0 Å². The first-order chi connectivity index (χ1) is 13.4. The Morgan fingerprint density at radius 3 is 1.75 bits per heavy atom. The Hall–Kier alpha value is -1.81. The molecule has 28 heavy (non-hydrogen) atoms. The van der Waals surface area contributed by atoms with Crippen LogP contribution in [0.4, 0.5) is 11.4 Å². The average molecular weight is 400 g/mol. The van der Waals surface area contributed by atoms with E-state index in [2.05, 4.69) is 10.6 Å². The van der Waals surface area contributed by atoms with Crippen LogP contribution >= 0.6 is 0 Å². The zero-order valence-corrected chi connectivity index (χ0v) is 17.0. The van der Waals surface area contributed by atoms with E-state index in [0.29, 0.717) is 77.1 Å². The van der Waals surface area contributed by atoms with Gasteiger partial charge in [0.15, 0.2) is 0 Å². The van der Waals surface area contributed by atoms with E-state index in [1.807, 2.05) is 13.8 Å². The molecule has 1 aromatic carbocycles. The molecule has 0 amide bonds. The minimum Gasteiger partial charge on any atom is -0.379 e. The summed E-state index contributed by atoms with van der Waals surface area (Å²) in [7, 11) is 0. The minimum absolute atomic E-state index is 0.106. The highest BCUT2D eigenvalue weighted by atomic mass is 16.5. The van der Waals surface area contributed by atoms with E-state index < -0.39 is 10.9 Å². The van der Waals surface area contributed by atoms with E-state index in [1.54, 1.807) is 0 Å². The summed E-state index contributed by atoms with van der Waals surface area (Å²) in [5, 5.41) is 5.86. The molecular weight excluding hydrogens is 368 g/mol. The first-order valence-electron chi connectivity index (χ1n) is 9.58. The van der Waals surface area contributed by atoms with E-state index in [4.69, 9.17) is 18.9 Å². The third-order valence-electron chi connectivity index (χ3n) is 3.66. The summed E-state index contributed by atoms with van der Waals surface area (Å²) < 4.78 is 21.4. The van der Waals surface area contributed by atoms with E-state index >= 15 is 0 Å².